The summed E-state index contributed by atoms with van der Waals surface area (Å²) in [5.41, 5.74) is 13.4. The van der Waals surface area contributed by atoms with Crippen LogP contribution in [0.5, 0.6) is 0 Å². The largest absolute Gasteiger partial charge is 0.382 e. The zero-order chi connectivity index (χ0) is 12.5. The number of fused-ring (bicyclic) bond motifs is 1. The maximum Gasteiger partial charge on any atom is 0.183 e. The molecule has 0 spiro atoms. The van der Waals surface area contributed by atoms with E-state index in [4.69, 9.17) is 11.5 Å². The van der Waals surface area contributed by atoms with Crippen molar-refractivity contribution in [2.45, 2.75) is 44.1 Å². The Morgan fingerprint density at radius 3 is 2.83 bits per heavy atom. The van der Waals surface area contributed by atoms with Gasteiger partial charge in [-0.05, 0) is 12.8 Å². The van der Waals surface area contributed by atoms with E-state index in [1.54, 1.807) is 0 Å². The number of H-pyrrole nitrogens is 1. The smallest absolute Gasteiger partial charge is 0.183 e. The Morgan fingerprint density at radius 1 is 1.17 bits per heavy atom. The molecular weight excluding hydrogens is 228 g/mol. The lowest BCUT2D eigenvalue weighted by atomic mass is 9.95. The molecule has 0 bridgehead atoms. The fourth-order valence-corrected chi connectivity index (χ4v) is 2.72. The minimum absolute atomic E-state index is 0.169. The summed E-state index contributed by atoms with van der Waals surface area (Å²) >= 11 is 0. The van der Waals surface area contributed by atoms with Crippen LogP contribution in [0.2, 0.25) is 0 Å². The maximum absolute atomic E-state index is 6.24. The predicted molar refractivity (Wildman–Crippen MR) is 69.9 cm³/mol. The molecule has 1 aliphatic carbocycles. The van der Waals surface area contributed by atoms with Crippen LogP contribution in [-0.4, -0.2) is 26.0 Å². The van der Waals surface area contributed by atoms with Gasteiger partial charge in [0.05, 0.1) is 0 Å². The molecule has 2 heterocycles. The summed E-state index contributed by atoms with van der Waals surface area (Å²) in [4.78, 5) is 15.9. The number of imidazole rings is 1. The number of anilines is 1. The Bertz CT molecular complexity index is 548. The van der Waals surface area contributed by atoms with Gasteiger partial charge in [0.2, 0.25) is 0 Å². The lowest BCUT2D eigenvalue weighted by molar-refractivity contribution is 0.488. The van der Waals surface area contributed by atoms with Gasteiger partial charge in [0.1, 0.15) is 17.7 Å². The summed E-state index contributed by atoms with van der Waals surface area (Å²) in [6.45, 7) is 0. The van der Waals surface area contributed by atoms with Crippen LogP contribution < -0.4 is 11.5 Å². The number of hydrogen-bond acceptors (Lipinski definition) is 5. The third kappa shape index (κ3) is 1.92. The van der Waals surface area contributed by atoms with Gasteiger partial charge in [0, 0.05) is 12.0 Å². The van der Waals surface area contributed by atoms with Crippen molar-refractivity contribution < 1.29 is 0 Å². The molecule has 96 valence electrons. The number of nitrogens with two attached hydrogens (primary N) is 2. The van der Waals surface area contributed by atoms with Gasteiger partial charge in [-0.15, -0.1) is 0 Å². The molecule has 5 N–H and O–H groups in total. The van der Waals surface area contributed by atoms with E-state index in [0.717, 1.165) is 24.2 Å². The molecule has 0 amide bonds. The number of nitrogens with one attached hydrogen (secondary N) is 1. The molecule has 6 nitrogen and oxygen atoms in total. The van der Waals surface area contributed by atoms with E-state index in [1.165, 1.54) is 25.6 Å². The molecule has 2 atom stereocenters. The normalized spacial score (nSPS) is 25.2. The summed E-state index contributed by atoms with van der Waals surface area (Å²) in [7, 11) is 0. The molecule has 2 aromatic rings. The van der Waals surface area contributed by atoms with Crippen molar-refractivity contribution in [3.05, 3.63) is 12.2 Å². The minimum Gasteiger partial charge on any atom is -0.382 e. The highest BCUT2D eigenvalue weighted by Gasteiger charge is 2.25. The average molecular weight is 246 g/mol. The molecule has 1 aliphatic rings. The van der Waals surface area contributed by atoms with E-state index in [-0.39, 0.29) is 12.0 Å². The molecule has 1 saturated carbocycles. The van der Waals surface area contributed by atoms with Gasteiger partial charge in [-0.2, -0.15) is 0 Å². The lowest BCUT2D eigenvalue weighted by Crippen LogP contribution is -2.28. The maximum atomic E-state index is 6.24. The number of aromatic amines is 1. The van der Waals surface area contributed by atoms with E-state index < -0.39 is 0 Å². The molecule has 0 saturated heterocycles. The van der Waals surface area contributed by atoms with Crippen molar-refractivity contribution in [2.24, 2.45) is 5.73 Å². The second-order valence-corrected chi connectivity index (χ2v) is 4.99. The van der Waals surface area contributed by atoms with Crippen LogP contribution in [0.1, 0.15) is 43.8 Å². The molecule has 0 aromatic carbocycles. The van der Waals surface area contributed by atoms with Gasteiger partial charge in [-0.3, -0.25) is 0 Å². The molecule has 1 fully saturated rings. The average Bonchev–Trinajstić information content (AvgIpc) is 2.67. The quantitative estimate of drug-likeness (QED) is 0.658. The first kappa shape index (κ1) is 11.4. The Hall–Kier alpha value is -1.69. The molecular formula is C12H18N6. The molecule has 3 rings (SSSR count). The Labute approximate surface area is 105 Å². The van der Waals surface area contributed by atoms with E-state index in [2.05, 4.69) is 19.9 Å². The fourth-order valence-electron chi connectivity index (χ4n) is 2.72. The summed E-state index contributed by atoms with van der Waals surface area (Å²) in [5, 5.41) is 0. The van der Waals surface area contributed by atoms with Crippen molar-refractivity contribution in [1.82, 2.24) is 19.9 Å². The first-order valence-electron chi connectivity index (χ1n) is 6.47. The summed E-state index contributed by atoms with van der Waals surface area (Å²) in [6.07, 6.45) is 7.25. The van der Waals surface area contributed by atoms with Crippen molar-refractivity contribution in [2.75, 3.05) is 5.73 Å². The first-order valence-corrected chi connectivity index (χ1v) is 6.47. The van der Waals surface area contributed by atoms with E-state index in [1.807, 2.05) is 0 Å². The van der Waals surface area contributed by atoms with Gasteiger partial charge in [-0.25, -0.2) is 15.0 Å². The van der Waals surface area contributed by atoms with Crippen LogP contribution in [0.4, 0.5) is 5.82 Å². The molecule has 2 unspecified atom stereocenters. The highest BCUT2D eigenvalue weighted by Crippen LogP contribution is 2.30. The number of nitrogen functional groups attached to an aromatic ring is 1. The molecule has 0 radical (unpaired) electrons. The van der Waals surface area contributed by atoms with Gasteiger partial charge in [-0.1, -0.05) is 19.3 Å². The van der Waals surface area contributed by atoms with Crippen molar-refractivity contribution >= 4 is 17.0 Å². The Balaban J connectivity index is 2.00. The SMILES string of the molecule is Nc1ncnc2nc(C3CCCCCC3N)[nH]c12. The van der Waals surface area contributed by atoms with Crippen LogP contribution in [-0.2, 0) is 0 Å². The predicted octanol–water partition coefficient (Wildman–Crippen LogP) is 1.31. The highest BCUT2D eigenvalue weighted by molar-refractivity contribution is 5.81. The third-order valence-electron chi connectivity index (χ3n) is 3.76. The van der Waals surface area contributed by atoms with Gasteiger partial charge in [0.25, 0.3) is 0 Å². The minimum atomic E-state index is 0.169. The standard InChI is InChI=1S/C12H18N6/c13-8-5-3-1-2-4-7(8)11-17-9-10(14)15-6-16-12(9)18-11/h6-8H,1-5,13H2,(H3,14,15,16,17,18). The Morgan fingerprint density at radius 2 is 2.00 bits per heavy atom. The second kappa shape index (κ2) is 4.53. The van der Waals surface area contributed by atoms with Crippen molar-refractivity contribution in [3.63, 3.8) is 0 Å². The van der Waals surface area contributed by atoms with Crippen molar-refractivity contribution in [3.8, 4) is 0 Å². The van der Waals surface area contributed by atoms with E-state index in [9.17, 15) is 0 Å². The van der Waals surface area contributed by atoms with E-state index in [0.29, 0.717) is 11.5 Å². The summed E-state index contributed by atoms with van der Waals surface area (Å²) < 4.78 is 0. The van der Waals surface area contributed by atoms with Crippen LogP contribution in [0, 0.1) is 0 Å². The summed E-state index contributed by atoms with van der Waals surface area (Å²) in [5.74, 6) is 1.63. The van der Waals surface area contributed by atoms with Crippen molar-refractivity contribution in [1.29, 1.82) is 0 Å². The number of rotatable bonds is 1. The molecule has 6 heteroatoms. The van der Waals surface area contributed by atoms with Crippen LogP contribution in [0.15, 0.2) is 6.33 Å². The third-order valence-corrected chi connectivity index (χ3v) is 3.76. The topological polar surface area (TPSA) is 106 Å². The van der Waals surface area contributed by atoms with Gasteiger partial charge >= 0.3 is 0 Å². The number of hydrogen-bond donors (Lipinski definition) is 3. The molecule has 0 aliphatic heterocycles. The van der Waals surface area contributed by atoms with Crippen LogP contribution in [0.3, 0.4) is 0 Å². The Kier molecular flexibility index (Phi) is 2.87. The number of aromatic nitrogens is 4. The molecule has 18 heavy (non-hydrogen) atoms. The van der Waals surface area contributed by atoms with Crippen LogP contribution >= 0.6 is 0 Å². The van der Waals surface area contributed by atoms with E-state index >= 15 is 0 Å². The van der Waals surface area contributed by atoms with Gasteiger partial charge < -0.3 is 16.5 Å². The second-order valence-electron chi connectivity index (χ2n) is 4.99. The first-order chi connectivity index (χ1) is 8.75. The molecule has 2 aromatic heterocycles. The van der Waals surface area contributed by atoms with Crippen LogP contribution in [0.25, 0.3) is 11.2 Å². The van der Waals surface area contributed by atoms with Gasteiger partial charge in [0.15, 0.2) is 11.5 Å². The number of nitrogens with zero attached hydrogens (tertiary/aromatic N) is 3. The highest BCUT2D eigenvalue weighted by atomic mass is 15.1. The zero-order valence-corrected chi connectivity index (χ0v) is 10.3. The zero-order valence-electron chi connectivity index (χ0n) is 10.3. The monoisotopic (exact) mass is 246 g/mol. The lowest BCUT2D eigenvalue weighted by Gasteiger charge is -2.18. The summed E-state index contributed by atoms with van der Waals surface area (Å²) in [6, 6.07) is 0.169. The fraction of sp³-hybridized carbons (Fsp3) is 0.583.